The minimum absolute atomic E-state index is 0.237. The summed E-state index contributed by atoms with van der Waals surface area (Å²) in [6.07, 6.45) is 9.53. The van der Waals surface area contributed by atoms with E-state index in [0.717, 1.165) is 25.7 Å². The summed E-state index contributed by atoms with van der Waals surface area (Å²) in [4.78, 5) is 5.10. The fraction of sp³-hybridized carbons (Fsp3) is 0.562. The van der Waals surface area contributed by atoms with Crippen molar-refractivity contribution in [3.8, 4) is 0 Å². The normalized spacial score (nSPS) is 19.4. The first kappa shape index (κ1) is 26.4. The minimum Gasteiger partial charge on any atom is -0.325 e. The van der Waals surface area contributed by atoms with Crippen molar-refractivity contribution in [2.45, 2.75) is 118 Å². The molecule has 2 aromatic carbocycles. The quantitative estimate of drug-likeness (QED) is 0.348. The molecule has 2 aromatic rings. The van der Waals surface area contributed by atoms with Gasteiger partial charge in [0.25, 0.3) is 0 Å². The summed E-state index contributed by atoms with van der Waals surface area (Å²) in [6.45, 7) is 21.1. The Morgan fingerprint density at radius 3 is 1.06 bits per heavy atom. The van der Waals surface area contributed by atoms with Crippen LogP contribution in [-0.4, -0.2) is 6.17 Å². The maximum Gasteiger partial charge on any atom is 0.107 e. The monoisotopic (exact) mass is 460 g/mol. The van der Waals surface area contributed by atoms with Crippen molar-refractivity contribution in [1.82, 2.24) is 0 Å². The number of anilines is 2. The number of nitrogens with zero attached hydrogens (tertiary/aromatic N) is 2. The Bertz CT molecular complexity index is 841. The van der Waals surface area contributed by atoms with Crippen LogP contribution in [0.3, 0.4) is 0 Å². The van der Waals surface area contributed by atoms with Crippen LogP contribution in [0.4, 0.5) is 11.4 Å². The Labute approximate surface area is 210 Å². The molecule has 0 saturated carbocycles. The van der Waals surface area contributed by atoms with Crippen LogP contribution in [0.5, 0.6) is 0 Å². The van der Waals surface area contributed by atoms with E-state index in [9.17, 15) is 0 Å². The van der Waals surface area contributed by atoms with Gasteiger partial charge in [-0.25, -0.2) is 0 Å². The van der Waals surface area contributed by atoms with Gasteiger partial charge in [0.1, 0.15) is 6.17 Å². The van der Waals surface area contributed by atoms with Gasteiger partial charge >= 0.3 is 0 Å². The number of hydrogen-bond donors (Lipinski definition) is 0. The summed E-state index contributed by atoms with van der Waals surface area (Å²) in [5, 5.41) is 0. The molecule has 1 aliphatic heterocycles. The van der Waals surface area contributed by atoms with Crippen molar-refractivity contribution in [2.75, 3.05) is 9.80 Å². The van der Waals surface area contributed by atoms with Crippen LogP contribution >= 0.6 is 0 Å². The second kappa shape index (κ2) is 11.5. The van der Waals surface area contributed by atoms with Gasteiger partial charge in [0.05, 0.1) is 0 Å². The Morgan fingerprint density at radius 2 is 0.824 bits per heavy atom. The molecule has 0 fully saturated rings. The third kappa shape index (κ3) is 4.92. The van der Waals surface area contributed by atoms with E-state index in [1.807, 2.05) is 0 Å². The molecule has 4 atom stereocenters. The third-order valence-corrected chi connectivity index (χ3v) is 8.48. The van der Waals surface area contributed by atoms with Crippen molar-refractivity contribution in [3.05, 3.63) is 71.1 Å². The molecule has 0 saturated heterocycles. The second-order valence-electron chi connectivity index (χ2n) is 10.6. The molecule has 2 heteroatoms. The molecule has 186 valence electrons. The van der Waals surface area contributed by atoms with Gasteiger partial charge < -0.3 is 9.80 Å². The maximum absolute atomic E-state index is 2.55. The molecular weight excluding hydrogens is 412 g/mol. The fourth-order valence-electron chi connectivity index (χ4n) is 5.28. The van der Waals surface area contributed by atoms with E-state index < -0.39 is 0 Å². The Balaban J connectivity index is 2.15. The highest BCUT2D eigenvalue weighted by molar-refractivity contribution is 5.72. The predicted octanol–water partition coefficient (Wildman–Crippen LogP) is 9.88. The molecule has 0 bridgehead atoms. The highest BCUT2D eigenvalue weighted by atomic mass is 15.4. The van der Waals surface area contributed by atoms with E-state index >= 15 is 0 Å². The van der Waals surface area contributed by atoms with E-state index in [4.69, 9.17) is 0 Å². The summed E-state index contributed by atoms with van der Waals surface area (Å²) < 4.78 is 0. The summed E-state index contributed by atoms with van der Waals surface area (Å²) in [6, 6.07) is 14.0. The van der Waals surface area contributed by atoms with Crippen LogP contribution in [0.1, 0.15) is 134 Å². The van der Waals surface area contributed by atoms with Crippen LogP contribution in [0.15, 0.2) is 48.8 Å². The van der Waals surface area contributed by atoms with Gasteiger partial charge in [-0.05, 0) is 78.5 Å². The molecule has 0 N–H and O–H groups in total. The van der Waals surface area contributed by atoms with Crippen LogP contribution in [-0.2, 0) is 0 Å². The average molecular weight is 461 g/mol. The number of benzene rings is 2. The standard InChI is InChI=1S/C32H48N2/c1-10-22(5)27-16-14-17-28(23(6)11-2)31(27)33-20-21-34(26(33)9)32-29(24(7)12-3)18-15-19-30(32)25(8)13-4/h14-26H,10-13H2,1-9H3. The molecule has 0 spiro atoms. The lowest BCUT2D eigenvalue weighted by atomic mass is 9.88. The summed E-state index contributed by atoms with van der Waals surface area (Å²) in [5.41, 5.74) is 8.80. The zero-order valence-corrected chi connectivity index (χ0v) is 23.2. The van der Waals surface area contributed by atoms with E-state index in [1.54, 1.807) is 0 Å². The van der Waals surface area contributed by atoms with Gasteiger partial charge in [0, 0.05) is 23.8 Å². The van der Waals surface area contributed by atoms with E-state index in [-0.39, 0.29) is 6.17 Å². The van der Waals surface area contributed by atoms with Gasteiger partial charge in [0.15, 0.2) is 0 Å². The fourth-order valence-corrected chi connectivity index (χ4v) is 5.28. The summed E-state index contributed by atoms with van der Waals surface area (Å²) in [7, 11) is 0. The van der Waals surface area contributed by atoms with Crippen LogP contribution in [0, 0.1) is 0 Å². The molecule has 0 radical (unpaired) electrons. The average Bonchev–Trinajstić information content (AvgIpc) is 3.25. The van der Waals surface area contributed by atoms with Gasteiger partial charge in [-0.2, -0.15) is 0 Å². The summed E-state index contributed by atoms with van der Waals surface area (Å²) >= 11 is 0. The van der Waals surface area contributed by atoms with Crippen molar-refractivity contribution in [2.24, 2.45) is 0 Å². The van der Waals surface area contributed by atoms with Crippen LogP contribution in [0.25, 0.3) is 0 Å². The zero-order chi connectivity index (χ0) is 25.0. The molecule has 0 amide bonds. The lowest BCUT2D eigenvalue weighted by molar-refractivity contribution is 0.670. The number of para-hydroxylation sites is 2. The molecule has 1 heterocycles. The topological polar surface area (TPSA) is 6.48 Å². The third-order valence-electron chi connectivity index (χ3n) is 8.48. The zero-order valence-electron chi connectivity index (χ0n) is 23.2. The molecule has 1 aliphatic rings. The molecule has 34 heavy (non-hydrogen) atoms. The maximum atomic E-state index is 2.55. The lowest BCUT2D eigenvalue weighted by Gasteiger charge is -2.37. The van der Waals surface area contributed by atoms with E-state index in [1.165, 1.54) is 33.6 Å². The van der Waals surface area contributed by atoms with E-state index in [0.29, 0.717) is 23.7 Å². The Kier molecular flexibility index (Phi) is 8.90. The van der Waals surface area contributed by atoms with Gasteiger partial charge in [0.2, 0.25) is 0 Å². The Hall–Kier alpha value is -2.22. The van der Waals surface area contributed by atoms with Crippen LogP contribution in [0.2, 0.25) is 0 Å². The lowest BCUT2D eigenvalue weighted by Crippen LogP contribution is -2.38. The molecule has 0 aliphatic carbocycles. The summed E-state index contributed by atoms with van der Waals surface area (Å²) in [5.74, 6) is 2.15. The van der Waals surface area contributed by atoms with Gasteiger partial charge in [-0.15, -0.1) is 0 Å². The van der Waals surface area contributed by atoms with Gasteiger partial charge in [-0.1, -0.05) is 91.8 Å². The van der Waals surface area contributed by atoms with E-state index in [2.05, 4.69) is 121 Å². The first-order valence-corrected chi connectivity index (χ1v) is 13.8. The number of rotatable bonds is 10. The van der Waals surface area contributed by atoms with Crippen LogP contribution < -0.4 is 9.80 Å². The first-order chi connectivity index (χ1) is 16.3. The predicted molar refractivity (Wildman–Crippen MR) is 151 cm³/mol. The molecule has 2 nitrogen and oxygen atoms in total. The molecule has 0 aromatic heterocycles. The first-order valence-electron chi connectivity index (χ1n) is 13.8. The highest BCUT2D eigenvalue weighted by Crippen LogP contribution is 2.44. The second-order valence-corrected chi connectivity index (χ2v) is 10.6. The Morgan fingerprint density at radius 1 is 0.559 bits per heavy atom. The van der Waals surface area contributed by atoms with Crippen molar-refractivity contribution >= 4 is 11.4 Å². The molecule has 4 unspecified atom stereocenters. The highest BCUT2D eigenvalue weighted by Gasteiger charge is 2.32. The van der Waals surface area contributed by atoms with Gasteiger partial charge in [-0.3, -0.25) is 0 Å². The largest absolute Gasteiger partial charge is 0.325 e. The van der Waals surface area contributed by atoms with Crippen molar-refractivity contribution < 1.29 is 0 Å². The molecule has 3 rings (SSSR count). The SMILES string of the molecule is CCC(C)c1cccc(C(C)CC)c1N1C=CN(c2c(C(C)CC)cccc2C(C)CC)C1C. The minimum atomic E-state index is 0.237. The molecular formula is C32H48N2. The van der Waals surface area contributed by atoms with Crippen molar-refractivity contribution in [3.63, 3.8) is 0 Å². The number of hydrogen-bond acceptors (Lipinski definition) is 2. The smallest absolute Gasteiger partial charge is 0.107 e. The van der Waals surface area contributed by atoms with Crippen molar-refractivity contribution in [1.29, 1.82) is 0 Å².